The third-order valence-corrected chi connectivity index (χ3v) is 8.30. The Morgan fingerprint density at radius 2 is 1.47 bits per heavy atom. The Kier molecular flexibility index (Phi) is 4.28. The number of nitrogens with zero attached hydrogens (tertiary/aromatic N) is 3. The lowest BCUT2D eigenvalue weighted by molar-refractivity contribution is 0.630. The van der Waals surface area contributed by atoms with E-state index >= 15 is 0 Å². The second kappa shape index (κ2) is 7.62. The maximum Gasteiger partial charge on any atom is 0.0780 e. The number of hydrogen-bond donors (Lipinski definition) is 0. The topological polar surface area (TPSA) is 30.7 Å². The van der Waals surface area contributed by atoms with Crippen molar-refractivity contribution in [3.05, 3.63) is 127 Å². The zero-order chi connectivity index (χ0) is 25.4. The molecule has 0 spiro atoms. The Labute approximate surface area is 221 Å². The van der Waals surface area contributed by atoms with E-state index in [2.05, 4.69) is 120 Å². The first-order valence-electron chi connectivity index (χ1n) is 13.1. The summed E-state index contributed by atoms with van der Waals surface area (Å²) in [6.45, 7) is 4.69. The van der Waals surface area contributed by atoms with Gasteiger partial charge in [0.1, 0.15) is 0 Å². The van der Waals surface area contributed by atoms with Crippen molar-refractivity contribution < 1.29 is 0 Å². The minimum Gasteiger partial charge on any atom is -0.307 e. The van der Waals surface area contributed by atoms with E-state index in [1.807, 2.05) is 18.6 Å². The van der Waals surface area contributed by atoms with E-state index in [-0.39, 0.29) is 5.41 Å². The number of rotatable bonds is 2. The van der Waals surface area contributed by atoms with Crippen LogP contribution in [0, 0.1) is 0 Å². The zero-order valence-electron chi connectivity index (χ0n) is 21.3. The average Bonchev–Trinajstić information content (AvgIpc) is 3.30. The van der Waals surface area contributed by atoms with Crippen molar-refractivity contribution in [3.63, 3.8) is 0 Å². The lowest BCUT2D eigenvalue weighted by atomic mass is 9.74. The van der Waals surface area contributed by atoms with E-state index in [0.29, 0.717) is 0 Å². The fourth-order valence-corrected chi connectivity index (χ4v) is 6.42. The highest BCUT2D eigenvalue weighted by Gasteiger charge is 2.35. The number of aromatic nitrogens is 3. The van der Waals surface area contributed by atoms with Crippen molar-refractivity contribution in [2.24, 2.45) is 0 Å². The lowest BCUT2D eigenvalue weighted by Crippen LogP contribution is -2.26. The molecule has 0 atom stereocenters. The maximum absolute atomic E-state index is 4.79. The number of benzene rings is 4. The molecule has 0 bridgehead atoms. The fourth-order valence-electron chi connectivity index (χ4n) is 6.42. The highest BCUT2D eigenvalue weighted by molar-refractivity contribution is 6.12. The first kappa shape index (κ1) is 21.3. The molecule has 0 amide bonds. The molecule has 1 aliphatic rings. The molecule has 0 unspecified atom stereocenters. The van der Waals surface area contributed by atoms with E-state index in [1.165, 1.54) is 55.0 Å². The summed E-state index contributed by atoms with van der Waals surface area (Å²) < 4.78 is 2.41. The first-order valence-corrected chi connectivity index (χ1v) is 13.1. The summed E-state index contributed by atoms with van der Waals surface area (Å²) in [4.78, 5) is 9.29. The van der Waals surface area contributed by atoms with Crippen molar-refractivity contribution in [1.82, 2.24) is 14.5 Å². The monoisotopic (exact) mass is 487 g/mol. The van der Waals surface area contributed by atoms with E-state index < -0.39 is 0 Å². The molecule has 3 heteroatoms. The Bertz CT molecular complexity index is 2060. The van der Waals surface area contributed by atoms with Gasteiger partial charge in [-0.1, -0.05) is 74.5 Å². The number of pyridine rings is 2. The molecule has 3 nitrogen and oxygen atoms in total. The van der Waals surface area contributed by atoms with E-state index in [9.17, 15) is 0 Å². The highest BCUT2D eigenvalue weighted by Crippen LogP contribution is 2.48. The molecule has 3 aromatic heterocycles. The third-order valence-electron chi connectivity index (χ3n) is 8.30. The Hall–Kier alpha value is -4.76. The van der Waals surface area contributed by atoms with Crippen molar-refractivity contribution in [2.75, 3.05) is 0 Å². The number of para-hydroxylation sites is 1. The third kappa shape index (κ3) is 2.84. The molecule has 0 fully saturated rings. The molecule has 4 heterocycles. The quantitative estimate of drug-likeness (QED) is 0.244. The first-order chi connectivity index (χ1) is 18.6. The van der Waals surface area contributed by atoms with Crippen molar-refractivity contribution >= 4 is 32.6 Å². The molecule has 180 valence electrons. The van der Waals surface area contributed by atoms with Crippen molar-refractivity contribution in [1.29, 1.82) is 0 Å². The second-order valence-corrected chi connectivity index (χ2v) is 10.8. The smallest absolute Gasteiger partial charge is 0.0780 e. The predicted molar refractivity (Wildman–Crippen MR) is 157 cm³/mol. The molecule has 8 rings (SSSR count). The summed E-state index contributed by atoms with van der Waals surface area (Å²) in [5.74, 6) is 0. The number of fused-ring (bicyclic) bond motifs is 6. The van der Waals surface area contributed by atoms with Gasteiger partial charge in [0.05, 0.1) is 28.6 Å². The van der Waals surface area contributed by atoms with Gasteiger partial charge in [0.25, 0.3) is 0 Å². The van der Waals surface area contributed by atoms with Crippen LogP contribution in [0.5, 0.6) is 0 Å². The normalized spacial score (nSPS) is 13.7. The van der Waals surface area contributed by atoms with Crippen LogP contribution in [-0.4, -0.2) is 14.5 Å². The molecule has 1 aliphatic heterocycles. The molecule has 0 radical (unpaired) electrons. The Balaban J connectivity index is 1.42. The van der Waals surface area contributed by atoms with Gasteiger partial charge in [0, 0.05) is 39.5 Å². The summed E-state index contributed by atoms with van der Waals surface area (Å²) in [6, 6.07) is 35.1. The highest BCUT2D eigenvalue weighted by atomic mass is 15.0. The summed E-state index contributed by atoms with van der Waals surface area (Å²) in [7, 11) is 0. The van der Waals surface area contributed by atoms with Gasteiger partial charge in [0.2, 0.25) is 0 Å². The Morgan fingerprint density at radius 3 is 2.42 bits per heavy atom. The van der Waals surface area contributed by atoms with E-state index in [1.54, 1.807) is 0 Å². The van der Waals surface area contributed by atoms with Crippen LogP contribution < -0.4 is 0 Å². The summed E-state index contributed by atoms with van der Waals surface area (Å²) in [5, 5.41) is 4.88. The van der Waals surface area contributed by atoms with Gasteiger partial charge >= 0.3 is 0 Å². The van der Waals surface area contributed by atoms with E-state index in [0.717, 1.165) is 16.8 Å². The molecule has 4 aromatic carbocycles. The molecule has 0 N–H and O–H groups in total. The van der Waals surface area contributed by atoms with Crippen LogP contribution in [0.25, 0.3) is 60.6 Å². The summed E-state index contributed by atoms with van der Waals surface area (Å²) in [5.41, 5.74) is 10.8. The summed E-state index contributed by atoms with van der Waals surface area (Å²) >= 11 is 0. The largest absolute Gasteiger partial charge is 0.307 e. The molecule has 0 saturated heterocycles. The van der Waals surface area contributed by atoms with Crippen LogP contribution >= 0.6 is 0 Å². The van der Waals surface area contributed by atoms with Crippen molar-refractivity contribution in [3.8, 4) is 28.1 Å². The molecule has 0 saturated carbocycles. The predicted octanol–water partition coefficient (Wildman–Crippen LogP) is 8.70. The zero-order valence-corrected chi connectivity index (χ0v) is 21.3. The van der Waals surface area contributed by atoms with Crippen LogP contribution in [-0.2, 0) is 5.41 Å². The molecule has 38 heavy (non-hydrogen) atoms. The minimum absolute atomic E-state index is 0.141. The van der Waals surface area contributed by atoms with Crippen molar-refractivity contribution in [2.45, 2.75) is 19.3 Å². The number of hydrogen-bond acceptors (Lipinski definition) is 2. The van der Waals surface area contributed by atoms with Gasteiger partial charge < -0.3 is 4.57 Å². The standard InChI is InChI=1S/C35H25N3/c1-35(2)29-12-5-6-13-31(29)38-32-21-36-16-15-27(32)28-19-25(20-30(35)34(28)38)23-9-7-10-24(18-23)33-26-11-4-3-8-22(26)14-17-37-33/h3-21H,1-2H3. The van der Waals surface area contributed by atoms with Gasteiger partial charge in [-0.3, -0.25) is 9.97 Å². The molecular formula is C35H25N3. The molecule has 0 aliphatic carbocycles. The molecular weight excluding hydrogens is 462 g/mol. The van der Waals surface area contributed by atoms with Crippen LogP contribution in [0.4, 0.5) is 0 Å². The van der Waals surface area contributed by atoms with Gasteiger partial charge in [-0.2, -0.15) is 0 Å². The SMILES string of the molecule is CC1(C)c2ccccc2-n2c3cnccc3c3cc(-c4cccc(-c5nccc6ccccc56)c4)cc1c32. The van der Waals surface area contributed by atoms with Crippen LogP contribution in [0.2, 0.25) is 0 Å². The van der Waals surface area contributed by atoms with Gasteiger partial charge in [-0.15, -0.1) is 0 Å². The lowest BCUT2D eigenvalue weighted by Gasteiger charge is -2.35. The van der Waals surface area contributed by atoms with Crippen LogP contribution in [0.15, 0.2) is 116 Å². The van der Waals surface area contributed by atoms with Gasteiger partial charge in [0.15, 0.2) is 0 Å². The molecule has 7 aromatic rings. The average molecular weight is 488 g/mol. The second-order valence-electron chi connectivity index (χ2n) is 10.8. The van der Waals surface area contributed by atoms with E-state index in [4.69, 9.17) is 4.98 Å². The van der Waals surface area contributed by atoms with Crippen LogP contribution in [0.3, 0.4) is 0 Å². The van der Waals surface area contributed by atoms with Gasteiger partial charge in [-0.05, 0) is 64.0 Å². The summed E-state index contributed by atoms with van der Waals surface area (Å²) in [6.07, 6.45) is 5.81. The fraction of sp³-hybridized carbons (Fsp3) is 0.0857. The minimum atomic E-state index is -0.141. The maximum atomic E-state index is 4.79. The van der Waals surface area contributed by atoms with Gasteiger partial charge in [-0.25, -0.2) is 0 Å². The Morgan fingerprint density at radius 1 is 0.632 bits per heavy atom. The van der Waals surface area contributed by atoms with Crippen LogP contribution in [0.1, 0.15) is 25.0 Å².